The number of nitro benzene ring substituents is 1. The Bertz CT molecular complexity index is 1180. The van der Waals surface area contributed by atoms with E-state index in [1.54, 1.807) is 30.3 Å². The third-order valence-electron chi connectivity index (χ3n) is 5.67. The van der Waals surface area contributed by atoms with Crippen molar-refractivity contribution in [3.63, 3.8) is 0 Å². The van der Waals surface area contributed by atoms with Crippen LogP contribution in [0.15, 0.2) is 63.8 Å². The number of nitrogens with one attached hydrogen (secondary N) is 1. The third kappa shape index (κ3) is 4.67. The number of fused-ring (bicyclic) bond motifs is 1. The van der Waals surface area contributed by atoms with E-state index in [4.69, 9.17) is 4.42 Å². The number of para-hydroxylation sites is 1. The summed E-state index contributed by atoms with van der Waals surface area (Å²) in [6.07, 6.45) is 5.62. The minimum absolute atomic E-state index is 0.0774. The van der Waals surface area contributed by atoms with Crippen molar-refractivity contribution < 1.29 is 9.34 Å². The van der Waals surface area contributed by atoms with E-state index in [1.165, 1.54) is 6.07 Å². The van der Waals surface area contributed by atoms with Gasteiger partial charge in [-0.2, -0.15) is 0 Å². The molecule has 1 aromatic heterocycles. The Morgan fingerprint density at radius 3 is 2.74 bits per heavy atom. The molecule has 2 heterocycles. The molecule has 1 fully saturated rings. The molecule has 4 rings (SSSR count). The SMILES string of the molecule is Cc1ccc2oc(=O)cc(N(C/C=C/c3ccccc3[N+](=O)[O-])C3CCNCC3)c2c1. The van der Waals surface area contributed by atoms with E-state index < -0.39 is 0 Å². The average Bonchev–Trinajstić information content (AvgIpc) is 2.77. The van der Waals surface area contributed by atoms with E-state index in [0.717, 1.165) is 42.6 Å². The number of benzene rings is 2. The Morgan fingerprint density at radius 2 is 1.97 bits per heavy atom. The average molecular weight is 419 g/mol. The third-order valence-corrected chi connectivity index (χ3v) is 5.67. The van der Waals surface area contributed by atoms with Crippen LogP contribution in [0.4, 0.5) is 11.4 Å². The first-order chi connectivity index (χ1) is 15.0. The highest BCUT2D eigenvalue weighted by molar-refractivity contribution is 5.91. The van der Waals surface area contributed by atoms with Crippen LogP contribution in [-0.4, -0.2) is 30.6 Å². The molecule has 1 aliphatic rings. The smallest absolute Gasteiger partial charge is 0.338 e. The summed E-state index contributed by atoms with van der Waals surface area (Å²) in [5.41, 5.74) is 2.75. The van der Waals surface area contributed by atoms with E-state index in [9.17, 15) is 14.9 Å². The number of hydrogen-bond donors (Lipinski definition) is 1. The molecule has 7 heteroatoms. The predicted molar refractivity (Wildman–Crippen MR) is 123 cm³/mol. The fourth-order valence-electron chi connectivity index (χ4n) is 4.15. The maximum absolute atomic E-state index is 12.3. The molecule has 0 unspecified atom stereocenters. The van der Waals surface area contributed by atoms with E-state index in [1.807, 2.05) is 31.2 Å². The molecule has 0 atom stereocenters. The van der Waals surface area contributed by atoms with Crippen LogP contribution in [0.1, 0.15) is 24.0 Å². The maximum atomic E-state index is 12.3. The van der Waals surface area contributed by atoms with Crippen LogP contribution in [0.5, 0.6) is 0 Å². The number of anilines is 1. The highest BCUT2D eigenvalue weighted by Crippen LogP contribution is 2.30. The Hall–Kier alpha value is -3.45. The lowest BCUT2D eigenvalue weighted by atomic mass is 10.0. The van der Waals surface area contributed by atoms with Gasteiger partial charge in [0.2, 0.25) is 0 Å². The van der Waals surface area contributed by atoms with Gasteiger partial charge in [-0.15, -0.1) is 0 Å². The monoisotopic (exact) mass is 419 g/mol. The first-order valence-electron chi connectivity index (χ1n) is 10.4. The van der Waals surface area contributed by atoms with Crippen LogP contribution in [0.2, 0.25) is 0 Å². The molecule has 1 aliphatic heterocycles. The van der Waals surface area contributed by atoms with Gasteiger partial charge >= 0.3 is 5.63 Å². The number of nitro groups is 1. The van der Waals surface area contributed by atoms with Crippen LogP contribution in [-0.2, 0) is 0 Å². The van der Waals surface area contributed by atoms with Crippen LogP contribution >= 0.6 is 0 Å². The lowest BCUT2D eigenvalue weighted by molar-refractivity contribution is -0.385. The molecule has 7 nitrogen and oxygen atoms in total. The fraction of sp³-hybridized carbons (Fsp3) is 0.292. The molecule has 31 heavy (non-hydrogen) atoms. The second-order valence-electron chi connectivity index (χ2n) is 7.80. The summed E-state index contributed by atoms with van der Waals surface area (Å²) in [7, 11) is 0. The largest absolute Gasteiger partial charge is 0.423 e. The Kier molecular flexibility index (Phi) is 6.13. The molecule has 0 amide bonds. The molecule has 160 valence electrons. The van der Waals surface area contributed by atoms with E-state index in [0.29, 0.717) is 17.7 Å². The molecule has 0 spiro atoms. The minimum atomic E-state index is -0.382. The van der Waals surface area contributed by atoms with Gasteiger partial charge in [-0.25, -0.2) is 4.79 Å². The van der Waals surface area contributed by atoms with Gasteiger partial charge in [0.05, 0.1) is 16.2 Å². The highest BCUT2D eigenvalue weighted by atomic mass is 16.6. The summed E-state index contributed by atoms with van der Waals surface area (Å²) < 4.78 is 5.42. The van der Waals surface area contributed by atoms with Gasteiger partial charge in [-0.1, -0.05) is 35.9 Å². The van der Waals surface area contributed by atoms with Gasteiger partial charge in [-0.3, -0.25) is 10.1 Å². The van der Waals surface area contributed by atoms with Gasteiger partial charge in [0.15, 0.2) is 0 Å². The minimum Gasteiger partial charge on any atom is -0.423 e. The van der Waals surface area contributed by atoms with Crippen molar-refractivity contribution in [3.8, 4) is 0 Å². The fourth-order valence-corrected chi connectivity index (χ4v) is 4.15. The van der Waals surface area contributed by atoms with Crippen LogP contribution in [0.3, 0.4) is 0 Å². The zero-order valence-electron chi connectivity index (χ0n) is 17.4. The molecule has 2 aromatic carbocycles. The van der Waals surface area contributed by atoms with Crippen molar-refractivity contribution in [1.82, 2.24) is 5.32 Å². The van der Waals surface area contributed by atoms with Crippen molar-refractivity contribution in [2.24, 2.45) is 0 Å². The van der Waals surface area contributed by atoms with E-state index in [-0.39, 0.29) is 22.3 Å². The molecule has 0 bridgehead atoms. The van der Waals surface area contributed by atoms with Gasteiger partial charge in [-0.05, 0) is 51.1 Å². The number of piperidine rings is 1. The Balaban J connectivity index is 1.73. The number of hydrogen-bond acceptors (Lipinski definition) is 6. The molecule has 1 saturated heterocycles. The van der Waals surface area contributed by atoms with Gasteiger partial charge in [0.1, 0.15) is 5.58 Å². The molecule has 3 aromatic rings. The lowest BCUT2D eigenvalue weighted by Crippen LogP contribution is -2.43. The van der Waals surface area contributed by atoms with Gasteiger partial charge in [0.25, 0.3) is 5.69 Å². The molecule has 0 saturated carbocycles. The first-order valence-corrected chi connectivity index (χ1v) is 10.4. The molecular weight excluding hydrogens is 394 g/mol. The summed E-state index contributed by atoms with van der Waals surface area (Å²) in [6, 6.07) is 14.3. The summed E-state index contributed by atoms with van der Waals surface area (Å²) >= 11 is 0. The van der Waals surface area contributed by atoms with Crippen LogP contribution < -0.4 is 15.8 Å². The molecule has 1 N–H and O–H groups in total. The second kappa shape index (κ2) is 9.14. The van der Waals surface area contributed by atoms with Crippen molar-refractivity contribution in [1.29, 1.82) is 0 Å². The van der Waals surface area contributed by atoms with Crippen LogP contribution in [0.25, 0.3) is 17.0 Å². The summed E-state index contributed by atoms with van der Waals surface area (Å²) in [5, 5.41) is 15.6. The quantitative estimate of drug-likeness (QED) is 0.364. The zero-order chi connectivity index (χ0) is 21.8. The van der Waals surface area contributed by atoms with Gasteiger partial charge < -0.3 is 14.6 Å². The van der Waals surface area contributed by atoms with Gasteiger partial charge in [0, 0.05) is 30.1 Å². The molecule has 0 aliphatic carbocycles. The van der Waals surface area contributed by atoms with Crippen molar-refractivity contribution in [3.05, 3.63) is 86.3 Å². The molecular formula is C24H25N3O4. The Labute approximate surface area is 180 Å². The normalized spacial score (nSPS) is 14.9. The van der Waals surface area contributed by atoms with Crippen LogP contribution in [0, 0.1) is 17.0 Å². The first kappa shape index (κ1) is 20.8. The number of rotatable bonds is 6. The lowest BCUT2D eigenvalue weighted by Gasteiger charge is -2.36. The van der Waals surface area contributed by atoms with Crippen molar-refractivity contribution >= 4 is 28.4 Å². The summed E-state index contributed by atoms with van der Waals surface area (Å²) in [6.45, 7) is 4.36. The standard InChI is InChI=1S/C24H25N3O4/c1-17-8-9-23-20(15-17)22(16-24(28)31-23)26(19-10-12-25-13-11-19)14-4-6-18-5-2-3-7-21(18)27(29)30/h2-9,15-16,19,25H,10-14H2,1H3/b6-4+. The van der Waals surface area contributed by atoms with E-state index >= 15 is 0 Å². The van der Waals surface area contributed by atoms with E-state index in [2.05, 4.69) is 10.2 Å². The second-order valence-corrected chi connectivity index (χ2v) is 7.80. The molecule has 0 radical (unpaired) electrons. The van der Waals surface area contributed by atoms with Crippen molar-refractivity contribution in [2.75, 3.05) is 24.5 Å². The summed E-state index contributed by atoms with van der Waals surface area (Å²) in [4.78, 5) is 25.5. The Morgan fingerprint density at radius 1 is 1.19 bits per heavy atom. The van der Waals surface area contributed by atoms with Crippen molar-refractivity contribution in [2.45, 2.75) is 25.8 Å². The predicted octanol–water partition coefficient (Wildman–Crippen LogP) is 4.28. The number of nitrogens with zero attached hydrogens (tertiary/aromatic N) is 2. The summed E-state index contributed by atoms with van der Waals surface area (Å²) in [5.74, 6) is 0. The topological polar surface area (TPSA) is 88.6 Å². The zero-order valence-corrected chi connectivity index (χ0v) is 17.4. The maximum Gasteiger partial charge on any atom is 0.338 e. The highest BCUT2D eigenvalue weighted by Gasteiger charge is 2.23. The number of aryl methyl sites for hydroxylation is 1.